The largest absolute Gasteiger partial charge is 0.355 e. The summed E-state index contributed by atoms with van der Waals surface area (Å²) in [6, 6.07) is 0.122. The molecule has 0 bridgehead atoms. The normalized spacial score (nSPS) is 26.1. The van der Waals surface area contributed by atoms with Crippen molar-refractivity contribution in [2.75, 3.05) is 19.6 Å². The SMILES string of the molecule is CCN(CC)C(=O)CCNC(=O)C1CCCC(N)C1C. The highest BCUT2D eigenvalue weighted by Crippen LogP contribution is 2.28. The van der Waals surface area contributed by atoms with Crippen molar-refractivity contribution in [1.82, 2.24) is 10.2 Å². The minimum atomic E-state index is 0.00213. The molecule has 2 amide bonds. The number of carbonyl (C=O) groups excluding carboxylic acids is 2. The van der Waals surface area contributed by atoms with Gasteiger partial charge in [-0.1, -0.05) is 13.3 Å². The molecule has 0 aromatic heterocycles. The lowest BCUT2D eigenvalue weighted by Crippen LogP contribution is -2.45. The van der Waals surface area contributed by atoms with Gasteiger partial charge in [0.25, 0.3) is 0 Å². The van der Waals surface area contributed by atoms with E-state index >= 15 is 0 Å². The summed E-state index contributed by atoms with van der Waals surface area (Å²) in [4.78, 5) is 25.8. The average molecular weight is 283 g/mol. The number of amides is 2. The van der Waals surface area contributed by atoms with Gasteiger partial charge < -0.3 is 16.0 Å². The Kier molecular flexibility index (Phi) is 6.99. The number of nitrogens with one attached hydrogen (secondary N) is 1. The molecule has 20 heavy (non-hydrogen) atoms. The van der Waals surface area contributed by atoms with E-state index in [1.807, 2.05) is 13.8 Å². The van der Waals surface area contributed by atoms with Gasteiger partial charge in [-0.05, 0) is 32.6 Å². The first-order chi connectivity index (χ1) is 9.51. The molecule has 1 rings (SSSR count). The van der Waals surface area contributed by atoms with Crippen LogP contribution in [-0.4, -0.2) is 42.4 Å². The van der Waals surface area contributed by atoms with Crippen molar-refractivity contribution in [1.29, 1.82) is 0 Å². The molecule has 5 heteroatoms. The van der Waals surface area contributed by atoms with E-state index < -0.39 is 0 Å². The summed E-state index contributed by atoms with van der Waals surface area (Å²) in [5.74, 6) is 0.383. The van der Waals surface area contributed by atoms with Crippen molar-refractivity contribution < 1.29 is 9.59 Å². The van der Waals surface area contributed by atoms with Crippen molar-refractivity contribution in [3.63, 3.8) is 0 Å². The summed E-state index contributed by atoms with van der Waals surface area (Å²) in [5, 5.41) is 2.90. The monoisotopic (exact) mass is 283 g/mol. The van der Waals surface area contributed by atoms with E-state index in [0.717, 1.165) is 32.4 Å². The zero-order valence-electron chi connectivity index (χ0n) is 13.0. The molecular formula is C15H29N3O2. The molecule has 0 spiro atoms. The molecule has 1 aliphatic rings. The van der Waals surface area contributed by atoms with E-state index in [9.17, 15) is 9.59 Å². The van der Waals surface area contributed by atoms with Crippen molar-refractivity contribution in [2.24, 2.45) is 17.6 Å². The van der Waals surface area contributed by atoms with Crippen molar-refractivity contribution in [2.45, 2.75) is 52.5 Å². The highest BCUT2D eigenvalue weighted by atomic mass is 16.2. The second-order valence-corrected chi connectivity index (χ2v) is 5.67. The molecule has 3 N–H and O–H groups in total. The topological polar surface area (TPSA) is 75.4 Å². The number of nitrogens with zero attached hydrogens (tertiary/aromatic N) is 1. The summed E-state index contributed by atoms with van der Waals surface area (Å²) in [6.07, 6.45) is 3.30. The third-order valence-corrected chi connectivity index (χ3v) is 4.45. The minimum Gasteiger partial charge on any atom is -0.355 e. The van der Waals surface area contributed by atoms with Gasteiger partial charge in [-0.25, -0.2) is 0 Å². The number of hydrogen-bond donors (Lipinski definition) is 2. The fourth-order valence-electron chi connectivity index (χ4n) is 2.93. The molecule has 0 aromatic rings. The predicted molar refractivity (Wildman–Crippen MR) is 80.0 cm³/mol. The standard InChI is InChI=1S/C15H29N3O2/c1-4-18(5-2)14(19)9-10-17-15(20)12-7-6-8-13(16)11(12)3/h11-13H,4-10,16H2,1-3H3,(H,17,20). The van der Waals surface area contributed by atoms with Gasteiger partial charge in [0.1, 0.15) is 0 Å². The quantitative estimate of drug-likeness (QED) is 0.767. The zero-order chi connectivity index (χ0) is 15.1. The van der Waals surface area contributed by atoms with E-state index in [-0.39, 0.29) is 29.7 Å². The second-order valence-electron chi connectivity index (χ2n) is 5.67. The highest BCUT2D eigenvalue weighted by Gasteiger charge is 2.32. The van der Waals surface area contributed by atoms with Crippen LogP contribution in [0.3, 0.4) is 0 Å². The molecule has 3 atom stereocenters. The van der Waals surface area contributed by atoms with Gasteiger partial charge in [0, 0.05) is 38.0 Å². The fourth-order valence-corrected chi connectivity index (χ4v) is 2.93. The van der Waals surface area contributed by atoms with Crippen LogP contribution >= 0.6 is 0 Å². The van der Waals surface area contributed by atoms with Crippen LogP contribution < -0.4 is 11.1 Å². The van der Waals surface area contributed by atoms with Crippen molar-refractivity contribution in [3.8, 4) is 0 Å². The van der Waals surface area contributed by atoms with Crippen LogP contribution in [0.15, 0.2) is 0 Å². The van der Waals surface area contributed by atoms with Crippen LogP contribution in [0.25, 0.3) is 0 Å². The minimum absolute atomic E-state index is 0.00213. The molecule has 0 aliphatic heterocycles. The molecular weight excluding hydrogens is 254 g/mol. The van der Waals surface area contributed by atoms with Gasteiger partial charge in [0.2, 0.25) is 11.8 Å². The molecule has 0 saturated heterocycles. The summed E-state index contributed by atoms with van der Waals surface area (Å²) in [7, 11) is 0. The number of carbonyl (C=O) groups is 2. The first-order valence-electron chi connectivity index (χ1n) is 7.82. The van der Waals surface area contributed by atoms with Gasteiger partial charge in [-0.15, -0.1) is 0 Å². The maximum absolute atomic E-state index is 12.2. The van der Waals surface area contributed by atoms with E-state index in [1.165, 1.54) is 0 Å². The molecule has 1 saturated carbocycles. The van der Waals surface area contributed by atoms with Gasteiger partial charge in [-0.3, -0.25) is 9.59 Å². The Balaban J connectivity index is 2.34. The lowest BCUT2D eigenvalue weighted by Gasteiger charge is -2.32. The first kappa shape index (κ1) is 17.0. The Bertz CT molecular complexity index is 329. The van der Waals surface area contributed by atoms with Crippen LogP contribution in [0.2, 0.25) is 0 Å². The Hall–Kier alpha value is -1.10. The third kappa shape index (κ3) is 4.47. The van der Waals surface area contributed by atoms with Crippen LogP contribution in [0.1, 0.15) is 46.5 Å². The van der Waals surface area contributed by atoms with E-state index in [0.29, 0.717) is 13.0 Å². The molecule has 3 unspecified atom stereocenters. The highest BCUT2D eigenvalue weighted by molar-refractivity contribution is 5.80. The predicted octanol–water partition coefficient (Wildman–Crippen LogP) is 1.12. The molecule has 1 fully saturated rings. The summed E-state index contributed by atoms with van der Waals surface area (Å²) in [6.45, 7) is 7.84. The number of nitrogens with two attached hydrogens (primary N) is 1. The second kappa shape index (κ2) is 8.25. The van der Waals surface area contributed by atoms with Gasteiger partial charge >= 0.3 is 0 Å². The fraction of sp³-hybridized carbons (Fsp3) is 0.867. The van der Waals surface area contributed by atoms with E-state index in [4.69, 9.17) is 5.73 Å². The molecule has 1 aliphatic carbocycles. The lowest BCUT2D eigenvalue weighted by atomic mass is 9.77. The number of rotatable bonds is 6. The summed E-state index contributed by atoms with van der Waals surface area (Å²) >= 11 is 0. The molecule has 0 heterocycles. The van der Waals surface area contributed by atoms with Crippen molar-refractivity contribution >= 4 is 11.8 Å². The first-order valence-corrected chi connectivity index (χ1v) is 7.82. The maximum Gasteiger partial charge on any atom is 0.224 e. The van der Waals surface area contributed by atoms with Crippen molar-refractivity contribution in [3.05, 3.63) is 0 Å². The van der Waals surface area contributed by atoms with Crippen LogP contribution in [-0.2, 0) is 9.59 Å². The van der Waals surface area contributed by atoms with E-state index in [2.05, 4.69) is 12.2 Å². The Labute approximate surface area is 122 Å². The maximum atomic E-state index is 12.2. The summed E-state index contributed by atoms with van der Waals surface area (Å²) in [5.41, 5.74) is 6.02. The summed E-state index contributed by atoms with van der Waals surface area (Å²) < 4.78 is 0. The van der Waals surface area contributed by atoms with Crippen LogP contribution in [0, 0.1) is 11.8 Å². The van der Waals surface area contributed by atoms with Gasteiger partial charge in [0.05, 0.1) is 0 Å². The van der Waals surface area contributed by atoms with E-state index in [1.54, 1.807) is 4.90 Å². The molecule has 5 nitrogen and oxygen atoms in total. The zero-order valence-corrected chi connectivity index (χ0v) is 13.0. The van der Waals surface area contributed by atoms with Crippen LogP contribution in [0.5, 0.6) is 0 Å². The van der Waals surface area contributed by atoms with Gasteiger partial charge in [0.15, 0.2) is 0 Å². The number of hydrogen-bond acceptors (Lipinski definition) is 3. The average Bonchev–Trinajstić information content (AvgIpc) is 2.43. The Morgan fingerprint density at radius 2 is 1.90 bits per heavy atom. The molecule has 0 aromatic carbocycles. The molecule has 0 radical (unpaired) electrons. The molecule has 116 valence electrons. The Morgan fingerprint density at radius 1 is 1.25 bits per heavy atom. The smallest absolute Gasteiger partial charge is 0.224 e. The van der Waals surface area contributed by atoms with Gasteiger partial charge in [-0.2, -0.15) is 0 Å². The van der Waals surface area contributed by atoms with Crippen LogP contribution in [0.4, 0.5) is 0 Å². The lowest BCUT2D eigenvalue weighted by molar-refractivity contribution is -0.131. The Morgan fingerprint density at radius 3 is 2.50 bits per heavy atom. The third-order valence-electron chi connectivity index (χ3n) is 4.45.